The highest BCUT2D eigenvalue weighted by Crippen LogP contribution is 2.34. The Hall–Kier alpha value is -2.47. The molecule has 6 nitrogen and oxygen atoms in total. The van der Waals surface area contributed by atoms with Gasteiger partial charge in [-0.2, -0.15) is 0 Å². The van der Waals surface area contributed by atoms with E-state index in [2.05, 4.69) is 14.9 Å². The summed E-state index contributed by atoms with van der Waals surface area (Å²) in [6.45, 7) is 3.41. The van der Waals surface area contributed by atoms with Crippen LogP contribution in [0.4, 0.5) is 5.95 Å². The molecule has 1 aliphatic carbocycles. The van der Waals surface area contributed by atoms with Crippen molar-refractivity contribution in [2.24, 2.45) is 11.7 Å². The number of nitrogen functional groups attached to an aromatic ring is 1. The van der Waals surface area contributed by atoms with E-state index in [1.807, 2.05) is 18.3 Å². The average Bonchev–Trinajstić information content (AvgIpc) is 2.75. The monoisotopic (exact) mass is 393 g/mol. The molecule has 0 spiro atoms. The summed E-state index contributed by atoms with van der Waals surface area (Å²) in [6.07, 6.45) is 11.0. The first-order chi connectivity index (χ1) is 14.1. The summed E-state index contributed by atoms with van der Waals surface area (Å²) in [5, 5.41) is 0. The van der Waals surface area contributed by atoms with E-state index in [0.29, 0.717) is 17.4 Å². The Kier molecular flexibility index (Phi) is 6.09. The van der Waals surface area contributed by atoms with Gasteiger partial charge in [0.05, 0.1) is 5.69 Å². The van der Waals surface area contributed by atoms with Crippen LogP contribution in [0.15, 0.2) is 30.5 Å². The molecule has 29 heavy (non-hydrogen) atoms. The number of anilines is 1. The van der Waals surface area contributed by atoms with E-state index in [0.717, 1.165) is 35.7 Å². The predicted octanol–water partition coefficient (Wildman–Crippen LogP) is 3.58. The Bertz CT molecular complexity index is 845. The Labute approximate surface area is 172 Å². The number of likely N-dealkylation sites (tertiary alicyclic amines) is 1. The maximum Gasteiger partial charge on any atom is 0.248 e. The second kappa shape index (κ2) is 8.91. The first-order valence-electron chi connectivity index (χ1n) is 10.8. The van der Waals surface area contributed by atoms with Crippen LogP contribution in [0.3, 0.4) is 0 Å². The molecule has 0 radical (unpaired) electrons. The van der Waals surface area contributed by atoms with Crippen LogP contribution in [-0.4, -0.2) is 40.4 Å². The van der Waals surface area contributed by atoms with Crippen molar-refractivity contribution in [3.63, 3.8) is 0 Å². The highest BCUT2D eigenvalue weighted by Gasteiger charge is 2.27. The van der Waals surface area contributed by atoms with Gasteiger partial charge in [0, 0.05) is 36.3 Å². The molecular formula is C23H31N5O. The number of benzene rings is 1. The van der Waals surface area contributed by atoms with Gasteiger partial charge in [-0.05, 0) is 55.8 Å². The summed E-state index contributed by atoms with van der Waals surface area (Å²) in [7, 11) is 0. The molecule has 4 N–H and O–H groups in total. The molecule has 1 aliphatic heterocycles. The fraction of sp³-hybridized carbons (Fsp3) is 0.522. The predicted molar refractivity (Wildman–Crippen MR) is 115 cm³/mol. The first kappa shape index (κ1) is 19.8. The third-order valence-corrected chi connectivity index (χ3v) is 6.45. The number of hydrogen-bond donors (Lipinski definition) is 2. The van der Waals surface area contributed by atoms with Gasteiger partial charge in [0.25, 0.3) is 0 Å². The topological polar surface area (TPSA) is 98.1 Å². The average molecular weight is 394 g/mol. The first-order valence-corrected chi connectivity index (χ1v) is 10.8. The maximum atomic E-state index is 11.4. The summed E-state index contributed by atoms with van der Waals surface area (Å²) in [6, 6.07) is 7.35. The SMILES string of the molecule is NC(=O)c1ccc(-c2cnc(N)nc2[C@H]2CCCN(CC3CCCCC3)C2)cc1. The van der Waals surface area contributed by atoms with Crippen LogP contribution in [0.25, 0.3) is 11.1 Å². The van der Waals surface area contributed by atoms with Crippen LogP contribution in [0, 0.1) is 5.92 Å². The molecule has 1 aromatic heterocycles. The highest BCUT2D eigenvalue weighted by molar-refractivity contribution is 5.93. The Morgan fingerprint density at radius 1 is 1.07 bits per heavy atom. The Morgan fingerprint density at radius 3 is 2.55 bits per heavy atom. The summed E-state index contributed by atoms with van der Waals surface area (Å²) in [4.78, 5) is 22.9. The van der Waals surface area contributed by atoms with Crippen LogP contribution in [0.5, 0.6) is 0 Å². The van der Waals surface area contributed by atoms with E-state index >= 15 is 0 Å². The van der Waals surface area contributed by atoms with Crippen LogP contribution in [0.2, 0.25) is 0 Å². The third-order valence-electron chi connectivity index (χ3n) is 6.45. The van der Waals surface area contributed by atoms with Gasteiger partial charge in [0.1, 0.15) is 0 Å². The minimum absolute atomic E-state index is 0.321. The maximum absolute atomic E-state index is 11.4. The zero-order valence-corrected chi connectivity index (χ0v) is 17.0. The fourth-order valence-corrected chi connectivity index (χ4v) is 4.94. The van der Waals surface area contributed by atoms with Gasteiger partial charge in [0.15, 0.2) is 0 Å². The van der Waals surface area contributed by atoms with Crippen LogP contribution >= 0.6 is 0 Å². The quantitative estimate of drug-likeness (QED) is 0.809. The van der Waals surface area contributed by atoms with Crippen molar-refractivity contribution in [2.75, 3.05) is 25.4 Å². The van der Waals surface area contributed by atoms with Crippen molar-refractivity contribution in [1.82, 2.24) is 14.9 Å². The zero-order chi connectivity index (χ0) is 20.2. The molecule has 2 heterocycles. The number of carbonyl (C=O) groups is 1. The lowest BCUT2D eigenvalue weighted by Gasteiger charge is -2.36. The van der Waals surface area contributed by atoms with E-state index in [1.54, 1.807) is 12.1 Å². The van der Waals surface area contributed by atoms with E-state index in [1.165, 1.54) is 51.6 Å². The standard InChI is InChI=1S/C23H31N5O/c24-22(29)18-10-8-17(9-11-18)20-13-26-23(25)27-21(20)19-7-4-12-28(15-19)14-16-5-2-1-3-6-16/h8-11,13,16,19H,1-7,12,14-15H2,(H2,24,29)(H2,25,26,27)/t19-/m0/s1. The van der Waals surface area contributed by atoms with Gasteiger partial charge in [-0.1, -0.05) is 31.4 Å². The summed E-state index contributed by atoms with van der Waals surface area (Å²) >= 11 is 0. The van der Waals surface area contributed by atoms with Gasteiger partial charge < -0.3 is 16.4 Å². The molecule has 1 amide bonds. The molecule has 0 unspecified atom stereocenters. The lowest BCUT2D eigenvalue weighted by Crippen LogP contribution is -2.38. The minimum atomic E-state index is -0.420. The van der Waals surface area contributed by atoms with Gasteiger partial charge in [0.2, 0.25) is 11.9 Å². The summed E-state index contributed by atoms with van der Waals surface area (Å²) in [5.74, 6) is 1.10. The molecular weight excluding hydrogens is 362 g/mol. The lowest BCUT2D eigenvalue weighted by molar-refractivity contribution is 0.100. The van der Waals surface area contributed by atoms with Crippen molar-refractivity contribution in [2.45, 2.75) is 50.9 Å². The van der Waals surface area contributed by atoms with E-state index < -0.39 is 5.91 Å². The zero-order valence-electron chi connectivity index (χ0n) is 17.0. The number of amides is 1. The van der Waals surface area contributed by atoms with E-state index in [-0.39, 0.29) is 0 Å². The minimum Gasteiger partial charge on any atom is -0.368 e. The fourth-order valence-electron chi connectivity index (χ4n) is 4.94. The molecule has 1 saturated heterocycles. The number of nitrogens with two attached hydrogens (primary N) is 2. The Morgan fingerprint density at radius 2 is 1.83 bits per heavy atom. The van der Waals surface area contributed by atoms with Crippen LogP contribution in [0.1, 0.15) is 66.9 Å². The van der Waals surface area contributed by atoms with E-state index in [4.69, 9.17) is 11.5 Å². The third kappa shape index (κ3) is 4.75. The number of aromatic nitrogens is 2. The second-order valence-electron chi connectivity index (χ2n) is 8.57. The molecule has 2 fully saturated rings. The van der Waals surface area contributed by atoms with Crippen molar-refractivity contribution in [1.29, 1.82) is 0 Å². The smallest absolute Gasteiger partial charge is 0.248 e. The van der Waals surface area contributed by atoms with E-state index in [9.17, 15) is 4.79 Å². The largest absolute Gasteiger partial charge is 0.368 e. The number of primary amides is 1. The summed E-state index contributed by atoms with van der Waals surface area (Å²) < 4.78 is 0. The normalized spacial score (nSPS) is 21.2. The number of nitrogens with zero attached hydrogens (tertiary/aromatic N) is 3. The van der Waals surface area contributed by atoms with Crippen molar-refractivity contribution >= 4 is 11.9 Å². The van der Waals surface area contributed by atoms with Crippen molar-refractivity contribution in [3.8, 4) is 11.1 Å². The molecule has 0 bridgehead atoms. The number of hydrogen-bond acceptors (Lipinski definition) is 5. The van der Waals surface area contributed by atoms with Crippen molar-refractivity contribution in [3.05, 3.63) is 41.7 Å². The molecule has 1 aromatic carbocycles. The van der Waals surface area contributed by atoms with Gasteiger partial charge in [-0.3, -0.25) is 4.79 Å². The highest BCUT2D eigenvalue weighted by atomic mass is 16.1. The van der Waals surface area contributed by atoms with Gasteiger partial charge in [-0.15, -0.1) is 0 Å². The summed E-state index contributed by atoms with van der Waals surface area (Å²) in [5.41, 5.74) is 14.9. The Balaban J connectivity index is 1.55. The van der Waals surface area contributed by atoms with Crippen molar-refractivity contribution < 1.29 is 4.79 Å². The number of rotatable bonds is 5. The molecule has 1 atom stereocenters. The number of carbonyl (C=O) groups excluding carboxylic acids is 1. The second-order valence-corrected chi connectivity index (χ2v) is 8.57. The molecule has 1 saturated carbocycles. The number of piperidine rings is 1. The lowest BCUT2D eigenvalue weighted by atomic mass is 9.86. The van der Waals surface area contributed by atoms with Gasteiger partial charge in [-0.25, -0.2) is 9.97 Å². The van der Waals surface area contributed by atoms with Crippen LogP contribution in [-0.2, 0) is 0 Å². The van der Waals surface area contributed by atoms with Crippen LogP contribution < -0.4 is 11.5 Å². The molecule has 2 aliphatic rings. The molecule has 4 rings (SSSR count). The molecule has 154 valence electrons. The molecule has 2 aromatic rings. The van der Waals surface area contributed by atoms with Gasteiger partial charge >= 0.3 is 0 Å². The molecule has 6 heteroatoms.